The lowest BCUT2D eigenvalue weighted by Gasteiger charge is -2.16. The molecule has 1 aromatic carbocycles. The Morgan fingerprint density at radius 3 is 2.70 bits per heavy atom. The zero-order valence-electron chi connectivity index (χ0n) is 13.0. The van der Waals surface area contributed by atoms with E-state index in [0.717, 1.165) is 24.0 Å². The summed E-state index contributed by atoms with van der Waals surface area (Å²) in [5, 5.41) is 3.70. The molecule has 0 unspecified atom stereocenters. The van der Waals surface area contributed by atoms with Gasteiger partial charge in [0, 0.05) is 23.3 Å². The summed E-state index contributed by atoms with van der Waals surface area (Å²) < 4.78 is 5.49. The standard InChI is InChI=1S/C18H19ClN2O2/c1-2-23-16-13(4-3-11-20-16)12-21-17(22)18(9-10-18)14-5-7-15(19)8-6-14/h3-8,11H,2,9-10,12H2,1H3,(H,21,22). The van der Waals surface area contributed by atoms with Gasteiger partial charge in [-0.3, -0.25) is 4.79 Å². The van der Waals surface area contributed by atoms with Gasteiger partial charge < -0.3 is 10.1 Å². The second-order valence-electron chi connectivity index (χ2n) is 5.67. The molecule has 1 aliphatic rings. The van der Waals surface area contributed by atoms with Gasteiger partial charge in [-0.15, -0.1) is 0 Å². The van der Waals surface area contributed by atoms with E-state index in [9.17, 15) is 4.79 Å². The number of benzene rings is 1. The molecule has 0 saturated heterocycles. The number of carbonyl (C=O) groups is 1. The third-order valence-electron chi connectivity index (χ3n) is 4.15. The molecular formula is C18H19ClN2O2. The molecule has 23 heavy (non-hydrogen) atoms. The van der Waals surface area contributed by atoms with Crippen molar-refractivity contribution in [3.8, 4) is 5.88 Å². The molecule has 0 bridgehead atoms. The molecule has 0 atom stereocenters. The summed E-state index contributed by atoms with van der Waals surface area (Å²) in [5.74, 6) is 0.623. The second kappa shape index (κ2) is 6.59. The van der Waals surface area contributed by atoms with Crippen LogP contribution in [-0.4, -0.2) is 17.5 Å². The normalized spacial score (nSPS) is 15.0. The number of carbonyl (C=O) groups excluding carboxylic acids is 1. The largest absolute Gasteiger partial charge is 0.478 e. The van der Waals surface area contributed by atoms with Crippen molar-refractivity contribution < 1.29 is 9.53 Å². The van der Waals surface area contributed by atoms with Crippen LogP contribution in [0, 0.1) is 0 Å². The Labute approximate surface area is 140 Å². The fourth-order valence-electron chi connectivity index (χ4n) is 2.71. The van der Waals surface area contributed by atoms with Crippen molar-refractivity contribution in [3.05, 3.63) is 58.7 Å². The number of hydrogen-bond acceptors (Lipinski definition) is 3. The molecule has 1 saturated carbocycles. The molecule has 1 N–H and O–H groups in total. The average Bonchev–Trinajstić information content (AvgIpc) is 3.36. The van der Waals surface area contributed by atoms with Crippen molar-refractivity contribution in [2.24, 2.45) is 0 Å². The monoisotopic (exact) mass is 330 g/mol. The second-order valence-corrected chi connectivity index (χ2v) is 6.11. The molecule has 3 rings (SSSR count). The van der Waals surface area contributed by atoms with Gasteiger partial charge in [0.25, 0.3) is 0 Å². The third kappa shape index (κ3) is 3.32. The molecular weight excluding hydrogens is 312 g/mol. The topological polar surface area (TPSA) is 51.2 Å². The quantitative estimate of drug-likeness (QED) is 0.882. The van der Waals surface area contributed by atoms with Gasteiger partial charge in [-0.05, 0) is 43.5 Å². The van der Waals surface area contributed by atoms with Crippen molar-refractivity contribution in [3.63, 3.8) is 0 Å². The lowest BCUT2D eigenvalue weighted by Crippen LogP contribution is -2.34. The minimum atomic E-state index is -0.404. The predicted molar refractivity (Wildman–Crippen MR) is 89.6 cm³/mol. The van der Waals surface area contributed by atoms with E-state index in [1.54, 1.807) is 6.20 Å². The summed E-state index contributed by atoms with van der Waals surface area (Å²) in [7, 11) is 0. The summed E-state index contributed by atoms with van der Waals surface area (Å²) in [6, 6.07) is 11.3. The summed E-state index contributed by atoms with van der Waals surface area (Å²) in [6.07, 6.45) is 3.42. The van der Waals surface area contributed by atoms with E-state index < -0.39 is 5.41 Å². The van der Waals surface area contributed by atoms with Crippen molar-refractivity contribution in [2.75, 3.05) is 6.61 Å². The zero-order valence-corrected chi connectivity index (χ0v) is 13.8. The first kappa shape index (κ1) is 15.8. The van der Waals surface area contributed by atoms with Crippen LogP contribution in [0.1, 0.15) is 30.9 Å². The van der Waals surface area contributed by atoms with E-state index >= 15 is 0 Å². The highest BCUT2D eigenvalue weighted by Gasteiger charge is 2.51. The zero-order chi connectivity index (χ0) is 16.3. The predicted octanol–water partition coefficient (Wildman–Crippen LogP) is 3.48. The molecule has 0 radical (unpaired) electrons. The highest BCUT2D eigenvalue weighted by Crippen LogP contribution is 2.48. The first-order chi connectivity index (χ1) is 11.2. The molecule has 4 nitrogen and oxygen atoms in total. The lowest BCUT2D eigenvalue weighted by atomic mass is 9.95. The Kier molecular flexibility index (Phi) is 4.53. The highest BCUT2D eigenvalue weighted by atomic mass is 35.5. The minimum Gasteiger partial charge on any atom is -0.478 e. The summed E-state index contributed by atoms with van der Waals surface area (Å²) in [6.45, 7) is 2.88. The fourth-order valence-corrected chi connectivity index (χ4v) is 2.84. The van der Waals surface area contributed by atoms with Crippen LogP contribution in [0.3, 0.4) is 0 Å². The number of aromatic nitrogens is 1. The number of nitrogens with zero attached hydrogens (tertiary/aromatic N) is 1. The summed E-state index contributed by atoms with van der Waals surface area (Å²) >= 11 is 5.93. The molecule has 1 aliphatic carbocycles. The third-order valence-corrected chi connectivity index (χ3v) is 4.40. The number of pyridine rings is 1. The molecule has 1 heterocycles. The van der Waals surface area contributed by atoms with Crippen LogP contribution in [0.2, 0.25) is 5.02 Å². The molecule has 1 fully saturated rings. The number of nitrogens with one attached hydrogen (secondary N) is 1. The number of hydrogen-bond donors (Lipinski definition) is 1. The average molecular weight is 331 g/mol. The smallest absolute Gasteiger partial charge is 0.230 e. The van der Waals surface area contributed by atoms with Crippen LogP contribution in [0.25, 0.3) is 0 Å². The maximum Gasteiger partial charge on any atom is 0.230 e. The Balaban J connectivity index is 1.69. The minimum absolute atomic E-state index is 0.0473. The maximum absolute atomic E-state index is 12.6. The van der Waals surface area contributed by atoms with Gasteiger partial charge in [0.1, 0.15) is 0 Å². The van der Waals surface area contributed by atoms with Crippen LogP contribution < -0.4 is 10.1 Å². The van der Waals surface area contributed by atoms with Crippen LogP contribution in [0.15, 0.2) is 42.6 Å². The summed E-state index contributed by atoms with van der Waals surface area (Å²) in [4.78, 5) is 16.9. The van der Waals surface area contributed by atoms with Gasteiger partial charge in [-0.2, -0.15) is 0 Å². The molecule has 0 spiro atoms. The maximum atomic E-state index is 12.6. The van der Waals surface area contributed by atoms with Gasteiger partial charge in [-0.25, -0.2) is 4.98 Å². The van der Waals surface area contributed by atoms with Gasteiger partial charge in [-0.1, -0.05) is 29.8 Å². The SMILES string of the molecule is CCOc1ncccc1CNC(=O)C1(c2ccc(Cl)cc2)CC1. The van der Waals surface area contributed by atoms with Crippen molar-refractivity contribution in [2.45, 2.75) is 31.7 Å². The molecule has 1 amide bonds. The van der Waals surface area contributed by atoms with Crippen LogP contribution in [0.5, 0.6) is 5.88 Å². The Morgan fingerprint density at radius 2 is 2.04 bits per heavy atom. The number of halogens is 1. The van der Waals surface area contributed by atoms with Gasteiger partial charge in [0.15, 0.2) is 0 Å². The van der Waals surface area contributed by atoms with Crippen molar-refractivity contribution in [1.29, 1.82) is 0 Å². The molecule has 2 aromatic rings. The van der Waals surface area contributed by atoms with Gasteiger partial charge >= 0.3 is 0 Å². The fraction of sp³-hybridized carbons (Fsp3) is 0.333. The van der Waals surface area contributed by atoms with E-state index in [4.69, 9.17) is 16.3 Å². The number of rotatable bonds is 6. The van der Waals surface area contributed by atoms with E-state index in [0.29, 0.717) is 24.1 Å². The van der Waals surface area contributed by atoms with E-state index in [1.807, 2.05) is 43.3 Å². The van der Waals surface area contributed by atoms with Gasteiger partial charge in [0.05, 0.1) is 12.0 Å². The van der Waals surface area contributed by atoms with Crippen LogP contribution in [-0.2, 0) is 16.8 Å². The number of ether oxygens (including phenoxy) is 1. The van der Waals surface area contributed by atoms with E-state index in [2.05, 4.69) is 10.3 Å². The molecule has 120 valence electrons. The van der Waals surface area contributed by atoms with Crippen LogP contribution in [0.4, 0.5) is 0 Å². The molecule has 5 heteroatoms. The van der Waals surface area contributed by atoms with Crippen molar-refractivity contribution >= 4 is 17.5 Å². The lowest BCUT2D eigenvalue weighted by molar-refractivity contribution is -0.123. The van der Waals surface area contributed by atoms with Gasteiger partial charge in [0.2, 0.25) is 11.8 Å². The Morgan fingerprint density at radius 1 is 1.30 bits per heavy atom. The molecule has 0 aliphatic heterocycles. The van der Waals surface area contributed by atoms with Crippen LogP contribution >= 0.6 is 11.6 Å². The summed E-state index contributed by atoms with van der Waals surface area (Å²) in [5.41, 5.74) is 1.50. The Hall–Kier alpha value is -2.07. The Bertz CT molecular complexity index is 696. The molecule has 1 aromatic heterocycles. The van der Waals surface area contributed by atoms with E-state index in [1.165, 1.54) is 0 Å². The number of amides is 1. The first-order valence-corrected chi connectivity index (χ1v) is 8.14. The first-order valence-electron chi connectivity index (χ1n) is 7.77. The van der Waals surface area contributed by atoms with E-state index in [-0.39, 0.29) is 5.91 Å². The van der Waals surface area contributed by atoms with Crippen molar-refractivity contribution in [1.82, 2.24) is 10.3 Å². The highest BCUT2D eigenvalue weighted by molar-refractivity contribution is 6.30.